The Hall–Kier alpha value is -3.19. The second-order valence-corrected chi connectivity index (χ2v) is 7.21. The van der Waals surface area contributed by atoms with Crippen LogP contribution in [0.15, 0.2) is 71.8 Å². The molecule has 0 aliphatic heterocycles. The van der Waals surface area contributed by atoms with Crippen LogP contribution >= 0.6 is 11.8 Å². The molecule has 2 aromatic carbocycles. The third-order valence-corrected chi connectivity index (χ3v) is 5.19. The Balaban J connectivity index is 1.45. The molecule has 0 atom stereocenters. The predicted octanol–water partition coefficient (Wildman–Crippen LogP) is 4.08. The predicted molar refractivity (Wildman–Crippen MR) is 111 cm³/mol. The van der Waals surface area contributed by atoms with Crippen molar-refractivity contribution in [3.05, 3.63) is 72.3 Å². The third kappa shape index (κ3) is 4.04. The molecule has 0 aliphatic rings. The van der Waals surface area contributed by atoms with Crippen molar-refractivity contribution in [3.8, 4) is 11.4 Å². The zero-order valence-corrected chi connectivity index (χ0v) is 16.2. The number of nitrogens with one attached hydrogen (secondary N) is 1. The largest absolute Gasteiger partial charge is 0.325 e. The normalized spacial score (nSPS) is 10.9. The van der Waals surface area contributed by atoms with E-state index in [0.29, 0.717) is 11.5 Å². The summed E-state index contributed by atoms with van der Waals surface area (Å²) in [5.41, 5.74) is 3.66. The lowest BCUT2D eigenvalue weighted by Crippen LogP contribution is -2.14. The van der Waals surface area contributed by atoms with Crippen LogP contribution in [0.25, 0.3) is 17.0 Å². The number of carbonyl (C=O) groups excluding carboxylic acids is 1. The Morgan fingerprint density at radius 1 is 1.00 bits per heavy atom. The van der Waals surface area contributed by atoms with Gasteiger partial charge in [0, 0.05) is 11.3 Å². The monoisotopic (exact) mass is 389 g/mol. The van der Waals surface area contributed by atoms with Gasteiger partial charge in [-0.2, -0.15) is 9.61 Å². The van der Waals surface area contributed by atoms with E-state index in [9.17, 15) is 4.79 Å². The number of aromatic nitrogens is 4. The highest BCUT2D eigenvalue weighted by Gasteiger charge is 2.11. The number of anilines is 1. The average molecular weight is 389 g/mol. The van der Waals surface area contributed by atoms with Crippen LogP contribution in [0.3, 0.4) is 0 Å². The molecule has 0 fully saturated rings. The van der Waals surface area contributed by atoms with Gasteiger partial charge in [0.25, 0.3) is 0 Å². The van der Waals surface area contributed by atoms with Gasteiger partial charge in [0.1, 0.15) is 5.03 Å². The van der Waals surface area contributed by atoms with E-state index in [2.05, 4.69) is 27.5 Å². The van der Waals surface area contributed by atoms with E-state index in [0.717, 1.165) is 22.7 Å². The molecule has 1 amide bonds. The van der Waals surface area contributed by atoms with Crippen molar-refractivity contribution in [3.63, 3.8) is 0 Å². The highest BCUT2D eigenvalue weighted by atomic mass is 32.2. The molecule has 1 N–H and O–H groups in total. The molecule has 0 bridgehead atoms. The third-order valence-electron chi connectivity index (χ3n) is 4.27. The lowest BCUT2D eigenvalue weighted by atomic mass is 10.1. The first-order chi connectivity index (χ1) is 13.7. The number of thioether (sulfide) groups is 1. The lowest BCUT2D eigenvalue weighted by Gasteiger charge is -2.06. The van der Waals surface area contributed by atoms with Gasteiger partial charge >= 0.3 is 0 Å². The summed E-state index contributed by atoms with van der Waals surface area (Å²) in [6.07, 6.45) is 0.978. The van der Waals surface area contributed by atoms with Gasteiger partial charge in [-0.15, -0.1) is 10.2 Å². The van der Waals surface area contributed by atoms with Crippen LogP contribution in [-0.2, 0) is 11.2 Å². The van der Waals surface area contributed by atoms with Gasteiger partial charge in [-0.3, -0.25) is 4.79 Å². The first kappa shape index (κ1) is 18.2. The van der Waals surface area contributed by atoms with E-state index in [-0.39, 0.29) is 11.7 Å². The van der Waals surface area contributed by atoms with Crippen molar-refractivity contribution in [2.45, 2.75) is 18.4 Å². The van der Waals surface area contributed by atoms with Gasteiger partial charge in [0.15, 0.2) is 11.5 Å². The van der Waals surface area contributed by atoms with Gasteiger partial charge in [-0.05, 0) is 36.2 Å². The van der Waals surface area contributed by atoms with Gasteiger partial charge in [-0.25, -0.2) is 0 Å². The lowest BCUT2D eigenvalue weighted by molar-refractivity contribution is -0.113. The summed E-state index contributed by atoms with van der Waals surface area (Å²) in [4.78, 5) is 12.3. The molecule has 2 aromatic heterocycles. The minimum Gasteiger partial charge on any atom is -0.325 e. The van der Waals surface area contributed by atoms with Crippen LogP contribution in [0.1, 0.15) is 12.5 Å². The van der Waals surface area contributed by atoms with E-state index < -0.39 is 0 Å². The van der Waals surface area contributed by atoms with E-state index >= 15 is 0 Å². The number of fused-ring (bicyclic) bond motifs is 1. The maximum atomic E-state index is 12.3. The van der Waals surface area contributed by atoms with Crippen LogP contribution in [0.5, 0.6) is 0 Å². The van der Waals surface area contributed by atoms with Gasteiger partial charge in [0.05, 0.1) is 5.75 Å². The minimum absolute atomic E-state index is 0.0665. The van der Waals surface area contributed by atoms with Crippen molar-refractivity contribution >= 4 is 29.0 Å². The summed E-state index contributed by atoms with van der Waals surface area (Å²) < 4.78 is 1.71. The fraction of sp³-hybridized carbons (Fsp3) is 0.143. The molecule has 7 heteroatoms. The zero-order valence-electron chi connectivity index (χ0n) is 15.4. The van der Waals surface area contributed by atoms with Gasteiger partial charge < -0.3 is 5.32 Å². The van der Waals surface area contributed by atoms with E-state index in [1.807, 2.05) is 66.7 Å². The zero-order chi connectivity index (χ0) is 19.3. The smallest absolute Gasteiger partial charge is 0.234 e. The molecule has 0 radical (unpaired) electrons. The number of aryl methyl sites for hydroxylation is 1. The molecule has 0 saturated carbocycles. The number of carbonyl (C=O) groups is 1. The standard InChI is InChI=1S/C21H19N5OS/c1-2-15-8-10-17(11-9-15)22-19(27)14-28-20-13-12-18-23-24-21(26(18)25-20)16-6-4-3-5-7-16/h3-13H,2,14H2,1H3,(H,22,27). The fourth-order valence-electron chi connectivity index (χ4n) is 2.78. The van der Waals surface area contributed by atoms with E-state index in [1.165, 1.54) is 17.3 Å². The second kappa shape index (κ2) is 8.22. The van der Waals surface area contributed by atoms with Crippen molar-refractivity contribution in [1.82, 2.24) is 19.8 Å². The summed E-state index contributed by atoms with van der Waals surface area (Å²) in [5, 5.41) is 16.6. The Kier molecular flexibility index (Phi) is 5.34. The fourth-order valence-corrected chi connectivity index (χ4v) is 3.43. The highest BCUT2D eigenvalue weighted by molar-refractivity contribution is 7.99. The number of hydrogen-bond donors (Lipinski definition) is 1. The number of rotatable bonds is 6. The van der Waals surface area contributed by atoms with Crippen molar-refractivity contribution in [2.75, 3.05) is 11.1 Å². The van der Waals surface area contributed by atoms with Crippen molar-refractivity contribution in [1.29, 1.82) is 0 Å². The van der Waals surface area contributed by atoms with Gasteiger partial charge in [0.2, 0.25) is 5.91 Å². The first-order valence-electron chi connectivity index (χ1n) is 9.02. The molecular formula is C21H19N5OS. The number of hydrogen-bond acceptors (Lipinski definition) is 5. The summed E-state index contributed by atoms with van der Waals surface area (Å²) in [5.74, 6) is 0.887. The molecule has 0 spiro atoms. The van der Waals surface area contributed by atoms with Crippen LogP contribution in [-0.4, -0.2) is 31.5 Å². The Morgan fingerprint density at radius 2 is 1.79 bits per heavy atom. The first-order valence-corrected chi connectivity index (χ1v) is 10.0. The molecule has 28 heavy (non-hydrogen) atoms. The topological polar surface area (TPSA) is 72.2 Å². The van der Waals surface area contributed by atoms with Gasteiger partial charge in [-0.1, -0.05) is 61.2 Å². The number of benzene rings is 2. The molecule has 4 aromatic rings. The van der Waals surface area contributed by atoms with Crippen LogP contribution in [0.4, 0.5) is 5.69 Å². The summed E-state index contributed by atoms with van der Waals surface area (Å²) in [7, 11) is 0. The molecule has 2 heterocycles. The summed E-state index contributed by atoms with van der Waals surface area (Å²) in [6.45, 7) is 2.10. The summed E-state index contributed by atoms with van der Waals surface area (Å²) >= 11 is 1.38. The molecule has 0 aliphatic carbocycles. The van der Waals surface area contributed by atoms with Crippen LogP contribution < -0.4 is 5.32 Å². The van der Waals surface area contributed by atoms with Crippen molar-refractivity contribution < 1.29 is 4.79 Å². The SMILES string of the molecule is CCc1ccc(NC(=O)CSc2ccc3nnc(-c4ccccc4)n3n2)cc1. The maximum Gasteiger partial charge on any atom is 0.234 e. The minimum atomic E-state index is -0.0665. The number of nitrogens with zero attached hydrogens (tertiary/aromatic N) is 4. The van der Waals surface area contributed by atoms with E-state index in [4.69, 9.17) is 0 Å². The molecule has 4 rings (SSSR count). The molecule has 140 valence electrons. The molecule has 0 unspecified atom stereocenters. The Morgan fingerprint density at radius 3 is 2.54 bits per heavy atom. The second-order valence-electron chi connectivity index (χ2n) is 6.22. The maximum absolute atomic E-state index is 12.3. The molecular weight excluding hydrogens is 370 g/mol. The quantitative estimate of drug-likeness (QED) is 0.503. The van der Waals surface area contributed by atoms with Crippen LogP contribution in [0.2, 0.25) is 0 Å². The highest BCUT2D eigenvalue weighted by Crippen LogP contribution is 2.21. The Labute approximate surface area is 167 Å². The van der Waals surface area contributed by atoms with Crippen molar-refractivity contribution in [2.24, 2.45) is 0 Å². The van der Waals surface area contributed by atoms with Crippen LogP contribution in [0, 0.1) is 0 Å². The number of amides is 1. The average Bonchev–Trinajstić information content (AvgIpc) is 3.17. The van der Waals surface area contributed by atoms with E-state index in [1.54, 1.807) is 4.52 Å². The summed E-state index contributed by atoms with van der Waals surface area (Å²) in [6, 6.07) is 21.4. The Bertz CT molecular complexity index is 1090. The molecule has 0 saturated heterocycles. The molecule has 6 nitrogen and oxygen atoms in total.